The number of amides is 1. The molecular formula is C11H14BrF3N2OS. The zero-order valence-electron chi connectivity index (χ0n) is 10.4. The molecule has 0 radical (unpaired) electrons. The molecule has 0 aromatic carbocycles. The van der Waals surface area contributed by atoms with Crippen molar-refractivity contribution >= 4 is 33.2 Å². The summed E-state index contributed by atoms with van der Waals surface area (Å²) in [5.74, 6) is -0.629. The lowest BCUT2D eigenvalue weighted by molar-refractivity contribution is -0.141. The van der Waals surface area contributed by atoms with Crippen molar-refractivity contribution in [2.75, 3.05) is 13.6 Å². The summed E-state index contributed by atoms with van der Waals surface area (Å²) < 4.78 is 37.0. The minimum Gasteiger partial charge on any atom is -0.346 e. The maximum absolute atomic E-state index is 12.0. The van der Waals surface area contributed by atoms with Gasteiger partial charge in [-0.25, -0.2) is 0 Å². The average Bonchev–Trinajstić information content (AvgIpc) is 2.69. The van der Waals surface area contributed by atoms with Crippen molar-refractivity contribution in [2.24, 2.45) is 0 Å². The Hall–Kier alpha value is -0.600. The molecule has 1 N–H and O–H groups in total. The Morgan fingerprint density at radius 3 is 2.63 bits per heavy atom. The Balaban J connectivity index is 2.47. The van der Waals surface area contributed by atoms with Gasteiger partial charge in [0.05, 0.1) is 9.83 Å². The topological polar surface area (TPSA) is 32.3 Å². The molecule has 8 heteroatoms. The van der Waals surface area contributed by atoms with E-state index in [0.29, 0.717) is 6.54 Å². The second-order valence-electron chi connectivity index (χ2n) is 4.13. The van der Waals surface area contributed by atoms with E-state index in [-0.39, 0.29) is 0 Å². The standard InChI is InChI=1S/C11H14BrF3N2OS/c1-7(10(18)16-6-11(13,14)15)17(2)5-8-3-4-9(12)19-8/h3-4,7H,5-6H2,1-2H3,(H,16,18). The fourth-order valence-corrected chi connectivity index (χ4v) is 2.90. The molecule has 0 spiro atoms. The normalized spacial score (nSPS) is 13.6. The number of hydrogen-bond acceptors (Lipinski definition) is 3. The molecule has 1 amide bonds. The van der Waals surface area contributed by atoms with Crippen LogP contribution in [0.5, 0.6) is 0 Å². The third kappa shape index (κ3) is 5.92. The molecule has 1 aromatic rings. The van der Waals surface area contributed by atoms with Gasteiger partial charge in [0, 0.05) is 11.4 Å². The van der Waals surface area contributed by atoms with Gasteiger partial charge in [0.2, 0.25) is 5.91 Å². The maximum atomic E-state index is 12.0. The van der Waals surface area contributed by atoms with E-state index >= 15 is 0 Å². The fraction of sp³-hybridized carbons (Fsp3) is 0.545. The Morgan fingerprint density at radius 2 is 2.16 bits per heavy atom. The van der Waals surface area contributed by atoms with Gasteiger partial charge in [0.15, 0.2) is 0 Å². The first-order valence-corrected chi connectivity index (χ1v) is 7.09. The molecule has 0 saturated heterocycles. The van der Waals surface area contributed by atoms with E-state index in [0.717, 1.165) is 8.66 Å². The van der Waals surface area contributed by atoms with Crippen molar-refractivity contribution in [3.63, 3.8) is 0 Å². The molecule has 3 nitrogen and oxygen atoms in total. The van der Waals surface area contributed by atoms with Crippen LogP contribution in [-0.2, 0) is 11.3 Å². The lowest BCUT2D eigenvalue weighted by atomic mass is 10.2. The van der Waals surface area contributed by atoms with Gasteiger partial charge < -0.3 is 5.32 Å². The van der Waals surface area contributed by atoms with Crippen LogP contribution in [0.1, 0.15) is 11.8 Å². The molecule has 0 aliphatic rings. The van der Waals surface area contributed by atoms with Crippen LogP contribution < -0.4 is 5.32 Å². The smallest absolute Gasteiger partial charge is 0.346 e. The van der Waals surface area contributed by atoms with Crippen LogP contribution in [0.3, 0.4) is 0 Å². The van der Waals surface area contributed by atoms with E-state index in [1.165, 1.54) is 11.3 Å². The van der Waals surface area contributed by atoms with Gasteiger partial charge in [-0.15, -0.1) is 11.3 Å². The Bertz CT molecular complexity index is 436. The number of nitrogens with zero attached hydrogens (tertiary/aromatic N) is 1. The SMILES string of the molecule is CC(C(=O)NCC(F)(F)F)N(C)Cc1ccc(Br)s1. The summed E-state index contributed by atoms with van der Waals surface area (Å²) >= 11 is 4.86. The second-order valence-corrected chi connectivity index (χ2v) is 6.68. The molecule has 0 aliphatic heterocycles. The van der Waals surface area contributed by atoms with Crippen LogP contribution >= 0.6 is 27.3 Å². The highest BCUT2D eigenvalue weighted by Crippen LogP contribution is 2.23. The average molecular weight is 359 g/mol. The number of nitrogens with one attached hydrogen (secondary N) is 1. The van der Waals surface area contributed by atoms with Gasteiger partial charge in [-0.1, -0.05) is 0 Å². The number of carbonyl (C=O) groups is 1. The molecule has 0 aliphatic carbocycles. The van der Waals surface area contributed by atoms with Gasteiger partial charge in [-0.2, -0.15) is 13.2 Å². The summed E-state index contributed by atoms with van der Waals surface area (Å²) in [5, 5.41) is 1.88. The number of thiophene rings is 1. The molecule has 1 atom stereocenters. The van der Waals surface area contributed by atoms with E-state index in [2.05, 4.69) is 15.9 Å². The summed E-state index contributed by atoms with van der Waals surface area (Å²) in [4.78, 5) is 14.3. The van der Waals surface area contributed by atoms with Gasteiger partial charge in [0.25, 0.3) is 0 Å². The summed E-state index contributed by atoms with van der Waals surface area (Å²) in [7, 11) is 1.70. The third-order valence-corrected chi connectivity index (χ3v) is 4.15. The quantitative estimate of drug-likeness (QED) is 0.877. The van der Waals surface area contributed by atoms with Crippen molar-refractivity contribution in [3.8, 4) is 0 Å². The molecule has 108 valence electrons. The first-order valence-electron chi connectivity index (χ1n) is 5.48. The van der Waals surface area contributed by atoms with E-state index in [1.807, 2.05) is 17.4 Å². The molecule has 19 heavy (non-hydrogen) atoms. The first-order chi connectivity index (χ1) is 8.69. The number of likely N-dealkylation sites (N-methyl/N-ethyl adjacent to an activating group) is 1. The van der Waals surface area contributed by atoms with Crippen LogP contribution in [0.25, 0.3) is 0 Å². The van der Waals surface area contributed by atoms with E-state index in [4.69, 9.17) is 0 Å². The van der Waals surface area contributed by atoms with Crippen LogP contribution in [0.4, 0.5) is 13.2 Å². The summed E-state index contributed by atoms with van der Waals surface area (Å²) in [6.07, 6.45) is -4.38. The van der Waals surface area contributed by atoms with Crippen molar-refractivity contribution < 1.29 is 18.0 Å². The predicted octanol–water partition coefficient (Wildman–Crippen LogP) is 3.01. The second kappa shape index (κ2) is 6.71. The zero-order chi connectivity index (χ0) is 14.6. The lowest BCUT2D eigenvalue weighted by Crippen LogP contribution is -2.45. The number of rotatable bonds is 5. The number of hydrogen-bond donors (Lipinski definition) is 1. The van der Waals surface area contributed by atoms with Crippen molar-refractivity contribution in [1.29, 1.82) is 0 Å². The molecular weight excluding hydrogens is 345 g/mol. The molecule has 0 saturated carbocycles. The van der Waals surface area contributed by atoms with Gasteiger partial charge in [-0.3, -0.25) is 9.69 Å². The van der Waals surface area contributed by atoms with E-state index in [9.17, 15) is 18.0 Å². The number of carbonyl (C=O) groups excluding carboxylic acids is 1. The summed E-state index contributed by atoms with van der Waals surface area (Å²) in [6, 6.07) is 3.18. The molecule has 1 rings (SSSR count). The largest absolute Gasteiger partial charge is 0.405 e. The fourth-order valence-electron chi connectivity index (χ4n) is 1.35. The summed E-state index contributed by atoms with van der Waals surface area (Å²) in [5.41, 5.74) is 0. The predicted molar refractivity (Wildman–Crippen MR) is 72.0 cm³/mol. The molecule has 0 bridgehead atoms. The van der Waals surface area contributed by atoms with Gasteiger partial charge in [0.1, 0.15) is 6.54 Å². The van der Waals surface area contributed by atoms with Crippen molar-refractivity contribution in [2.45, 2.75) is 25.7 Å². The van der Waals surface area contributed by atoms with Crippen molar-refractivity contribution in [1.82, 2.24) is 10.2 Å². The number of halogens is 4. The first kappa shape index (κ1) is 16.5. The van der Waals surface area contributed by atoms with Crippen LogP contribution in [0.2, 0.25) is 0 Å². The van der Waals surface area contributed by atoms with E-state index < -0.39 is 24.7 Å². The van der Waals surface area contributed by atoms with Gasteiger partial charge >= 0.3 is 6.18 Å². The van der Waals surface area contributed by atoms with Crippen LogP contribution in [0.15, 0.2) is 15.9 Å². The monoisotopic (exact) mass is 358 g/mol. The Morgan fingerprint density at radius 1 is 1.53 bits per heavy atom. The Kier molecular flexibility index (Phi) is 5.82. The Labute approximate surface area is 121 Å². The zero-order valence-corrected chi connectivity index (χ0v) is 12.8. The number of alkyl halides is 3. The maximum Gasteiger partial charge on any atom is 0.405 e. The van der Waals surface area contributed by atoms with Crippen LogP contribution in [0, 0.1) is 0 Å². The van der Waals surface area contributed by atoms with Crippen molar-refractivity contribution in [3.05, 3.63) is 20.8 Å². The highest BCUT2D eigenvalue weighted by atomic mass is 79.9. The summed E-state index contributed by atoms with van der Waals surface area (Å²) in [6.45, 7) is 0.791. The molecule has 1 aromatic heterocycles. The molecule has 0 fully saturated rings. The minimum absolute atomic E-state index is 0.511. The molecule has 1 unspecified atom stereocenters. The minimum atomic E-state index is -4.38. The van der Waals surface area contributed by atoms with E-state index in [1.54, 1.807) is 18.9 Å². The third-order valence-electron chi connectivity index (χ3n) is 2.54. The molecule has 1 heterocycles. The highest BCUT2D eigenvalue weighted by Gasteiger charge is 2.29. The van der Waals surface area contributed by atoms with Crippen LogP contribution in [-0.4, -0.2) is 36.6 Å². The highest BCUT2D eigenvalue weighted by molar-refractivity contribution is 9.11. The van der Waals surface area contributed by atoms with Gasteiger partial charge in [-0.05, 0) is 42.0 Å². The lowest BCUT2D eigenvalue weighted by Gasteiger charge is -2.23.